The highest BCUT2D eigenvalue weighted by Gasteiger charge is 2.19. The molecule has 0 amide bonds. The summed E-state index contributed by atoms with van der Waals surface area (Å²) in [5.41, 5.74) is 0. The lowest BCUT2D eigenvalue weighted by molar-refractivity contribution is -0.167. The number of rotatable bonds is 52. The van der Waals surface area contributed by atoms with Crippen LogP contribution in [0.2, 0.25) is 0 Å². The molecule has 0 saturated carbocycles. The van der Waals surface area contributed by atoms with Crippen molar-refractivity contribution in [2.24, 2.45) is 11.8 Å². The second-order valence-electron chi connectivity index (χ2n) is 20.9. The van der Waals surface area contributed by atoms with Gasteiger partial charge in [-0.2, -0.15) is 0 Å². The summed E-state index contributed by atoms with van der Waals surface area (Å²) in [6.45, 7) is 11.4. The Hall–Kier alpha value is -1.59. The number of carbonyl (C=O) groups is 3. The molecule has 0 N–H and O–H groups in total. The van der Waals surface area contributed by atoms with E-state index in [1.54, 1.807) is 0 Å². The third-order valence-electron chi connectivity index (χ3n) is 13.2. The van der Waals surface area contributed by atoms with E-state index in [1.165, 1.54) is 212 Å². The average molecular weight is 906 g/mol. The number of ether oxygens (including phenoxy) is 3. The minimum Gasteiger partial charge on any atom is -0.462 e. The second kappa shape index (κ2) is 50.8. The van der Waals surface area contributed by atoms with Crippen molar-refractivity contribution in [2.45, 2.75) is 330 Å². The third-order valence-corrected chi connectivity index (χ3v) is 13.2. The molecule has 6 heteroatoms. The number of carbonyl (C=O) groups excluding carboxylic acids is 3. The van der Waals surface area contributed by atoms with E-state index in [2.05, 4.69) is 34.6 Å². The number of esters is 3. The molecular weight excluding hydrogens is 793 g/mol. The Bertz CT molecular complexity index is 978. The van der Waals surface area contributed by atoms with E-state index < -0.39 is 6.10 Å². The first-order chi connectivity index (χ1) is 31.2. The monoisotopic (exact) mass is 905 g/mol. The minimum absolute atomic E-state index is 0.0626. The van der Waals surface area contributed by atoms with E-state index >= 15 is 0 Å². The molecule has 380 valence electrons. The lowest BCUT2D eigenvalue weighted by Gasteiger charge is -2.18. The maximum atomic E-state index is 12.8. The molecule has 0 rings (SSSR count). The lowest BCUT2D eigenvalue weighted by atomic mass is 10.0. The Morgan fingerprint density at radius 1 is 0.297 bits per heavy atom. The second-order valence-corrected chi connectivity index (χ2v) is 20.9. The Morgan fingerprint density at radius 2 is 0.516 bits per heavy atom. The number of hydrogen-bond donors (Lipinski definition) is 0. The first kappa shape index (κ1) is 62.4. The molecule has 6 nitrogen and oxygen atoms in total. The predicted octanol–water partition coefficient (Wildman–Crippen LogP) is 18.9. The van der Waals surface area contributed by atoms with Gasteiger partial charge in [-0.3, -0.25) is 14.4 Å². The fraction of sp³-hybridized carbons (Fsp3) is 0.948. The van der Waals surface area contributed by atoms with Crippen LogP contribution in [0, 0.1) is 11.8 Å². The van der Waals surface area contributed by atoms with Gasteiger partial charge >= 0.3 is 17.9 Å². The Kier molecular flexibility index (Phi) is 49.6. The van der Waals surface area contributed by atoms with Crippen LogP contribution in [0.5, 0.6) is 0 Å². The SMILES string of the molecule is CCCCCCCCCCCCCCCCC(=O)OC[C@@H](COC(=O)CCCCCCCCCCCCCCCC(C)C)OC(=O)CCCCCCCCCCCCCCCC(C)C. The van der Waals surface area contributed by atoms with E-state index in [0.29, 0.717) is 19.3 Å². The summed E-state index contributed by atoms with van der Waals surface area (Å²) in [7, 11) is 0. The molecule has 0 aliphatic rings. The van der Waals surface area contributed by atoms with Gasteiger partial charge in [-0.05, 0) is 31.1 Å². The standard InChI is InChI=1S/C58H112O6/c1-6-7-8-9-10-11-12-13-18-23-28-33-38-43-48-56(59)62-51-55(64-58(61)50-45-40-35-30-25-20-15-17-22-27-32-37-42-47-54(4)5)52-63-57(60)49-44-39-34-29-24-19-14-16-21-26-31-36-41-46-53(2)3/h53-55H,6-52H2,1-5H3/t55-/m0/s1. The fourth-order valence-electron chi connectivity index (χ4n) is 8.87. The highest BCUT2D eigenvalue weighted by Crippen LogP contribution is 2.18. The summed E-state index contributed by atoms with van der Waals surface area (Å²) in [5, 5.41) is 0. The Morgan fingerprint density at radius 3 is 0.766 bits per heavy atom. The smallest absolute Gasteiger partial charge is 0.306 e. The van der Waals surface area contributed by atoms with Gasteiger partial charge in [0.05, 0.1) is 0 Å². The van der Waals surface area contributed by atoms with Crippen LogP contribution in [0.25, 0.3) is 0 Å². The van der Waals surface area contributed by atoms with E-state index in [0.717, 1.165) is 69.6 Å². The van der Waals surface area contributed by atoms with E-state index in [4.69, 9.17) is 14.2 Å². The van der Waals surface area contributed by atoms with Crippen molar-refractivity contribution in [3.05, 3.63) is 0 Å². The molecule has 0 aromatic heterocycles. The van der Waals surface area contributed by atoms with Crippen molar-refractivity contribution >= 4 is 17.9 Å². The van der Waals surface area contributed by atoms with Crippen molar-refractivity contribution in [3.63, 3.8) is 0 Å². The van der Waals surface area contributed by atoms with Gasteiger partial charge in [-0.1, -0.05) is 285 Å². The third kappa shape index (κ3) is 51.4. The van der Waals surface area contributed by atoms with E-state index in [9.17, 15) is 14.4 Å². The molecule has 0 spiro atoms. The molecule has 64 heavy (non-hydrogen) atoms. The van der Waals surface area contributed by atoms with Crippen LogP contribution in [-0.2, 0) is 28.6 Å². The van der Waals surface area contributed by atoms with Gasteiger partial charge in [-0.15, -0.1) is 0 Å². The van der Waals surface area contributed by atoms with E-state index in [-0.39, 0.29) is 31.1 Å². The first-order valence-corrected chi connectivity index (χ1v) is 28.7. The average Bonchev–Trinajstić information content (AvgIpc) is 3.27. The minimum atomic E-state index is -0.762. The Labute approximate surface area is 399 Å². The first-order valence-electron chi connectivity index (χ1n) is 28.7. The van der Waals surface area contributed by atoms with Crippen LogP contribution in [0.1, 0.15) is 324 Å². The molecule has 0 aliphatic heterocycles. The van der Waals surface area contributed by atoms with Crippen LogP contribution >= 0.6 is 0 Å². The number of hydrogen-bond acceptors (Lipinski definition) is 6. The quantitative estimate of drug-likeness (QED) is 0.0344. The van der Waals surface area contributed by atoms with Gasteiger partial charge < -0.3 is 14.2 Å². The molecule has 0 radical (unpaired) electrons. The van der Waals surface area contributed by atoms with Gasteiger partial charge in [0.25, 0.3) is 0 Å². The largest absolute Gasteiger partial charge is 0.462 e. The zero-order valence-electron chi connectivity index (χ0n) is 43.9. The molecule has 1 atom stereocenters. The predicted molar refractivity (Wildman–Crippen MR) is 275 cm³/mol. The summed E-state index contributed by atoms with van der Waals surface area (Å²) >= 11 is 0. The maximum Gasteiger partial charge on any atom is 0.306 e. The van der Waals surface area contributed by atoms with Crippen LogP contribution in [-0.4, -0.2) is 37.2 Å². The molecule has 0 aliphatic carbocycles. The van der Waals surface area contributed by atoms with Crippen molar-refractivity contribution in [2.75, 3.05) is 13.2 Å². The number of unbranched alkanes of at least 4 members (excludes halogenated alkanes) is 37. The summed E-state index contributed by atoms with van der Waals surface area (Å²) in [6, 6.07) is 0. The van der Waals surface area contributed by atoms with Crippen LogP contribution in [0.3, 0.4) is 0 Å². The molecular formula is C58H112O6. The fourth-order valence-corrected chi connectivity index (χ4v) is 8.87. The van der Waals surface area contributed by atoms with Crippen LogP contribution < -0.4 is 0 Å². The summed E-state index contributed by atoms with van der Waals surface area (Å²) in [6.07, 6.45) is 53.7. The van der Waals surface area contributed by atoms with Crippen molar-refractivity contribution in [3.8, 4) is 0 Å². The summed E-state index contributed by atoms with van der Waals surface area (Å²) < 4.78 is 16.9. The van der Waals surface area contributed by atoms with Crippen LogP contribution in [0.4, 0.5) is 0 Å². The lowest BCUT2D eigenvalue weighted by Crippen LogP contribution is -2.30. The molecule has 0 aromatic carbocycles. The summed E-state index contributed by atoms with van der Waals surface area (Å²) in [5.74, 6) is 0.839. The zero-order chi connectivity index (χ0) is 46.8. The van der Waals surface area contributed by atoms with Gasteiger partial charge in [0, 0.05) is 19.3 Å². The van der Waals surface area contributed by atoms with Crippen molar-refractivity contribution in [1.82, 2.24) is 0 Å². The Balaban J connectivity index is 4.30. The van der Waals surface area contributed by atoms with Crippen LogP contribution in [0.15, 0.2) is 0 Å². The molecule has 0 fully saturated rings. The van der Waals surface area contributed by atoms with Gasteiger partial charge in [0.1, 0.15) is 13.2 Å². The molecule has 0 saturated heterocycles. The highest BCUT2D eigenvalue weighted by atomic mass is 16.6. The molecule has 0 bridgehead atoms. The van der Waals surface area contributed by atoms with Gasteiger partial charge in [-0.25, -0.2) is 0 Å². The van der Waals surface area contributed by atoms with Gasteiger partial charge in [0.15, 0.2) is 6.10 Å². The molecule has 0 heterocycles. The molecule has 0 unspecified atom stereocenters. The van der Waals surface area contributed by atoms with E-state index in [1.807, 2.05) is 0 Å². The molecule has 0 aromatic rings. The van der Waals surface area contributed by atoms with Crippen molar-refractivity contribution < 1.29 is 28.6 Å². The van der Waals surface area contributed by atoms with Crippen molar-refractivity contribution in [1.29, 1.82) is 0 Å². The highest BCUT2D eigenvalue weighted by molar-refractivity contribution is 5.71. The van der Waals surface area contributed by atoms with Gasteiger partial charge in [0.2, 0.25) is 0 Å². The zero-order valence-corrected chi connectivity index (χ0v) is 43.9. The summed E-state index contributed by atoms with van der Waals surface area (Å²) in [4.78, 5) is 38.1. The normalized spacial score (nSPS) is 12.0. The maximum absolute atomic E-state index is 12.8. The topological polar surface area (TPSA) is 78.9 Å².